The van der Waals surface area contributed by atoms with Crippen LogP contribution in [-0.2, 0) is 9.53 Å². The third-order valence-electron chi connectivity index (χ3n) is 4.37. The van der Waals surface area contributed by atoms with Crippen LogP contribution in [-0.4, -0.2) is 60.1 Å². The van der Waals surface area contributed by atoms with E-state index in [-0.39, 0.29) is 5.91 Å². The standard InChI is InChI=1S/C14H25N3O3/c1-14(2,20-13(15)19)8-10-6-11(7-10)17-5-4-16(3)12(18)9-17/h10-11H,4-9H2,1-3H3,(H2,15,19). The van der Waals surface area contributed by atoms with E-state index < -0.39 is 11.7 Å². The number of amides is 2. The fourth-order valence-corrected chi connectivity index (χ4v) is 3.26. The van der Waals surface area contributed by atoms with E-state index in [1.807, 2.05) is 20.9 Å². The highest BCUT2D eigenvalue weighted by atomic mass is 16.6. The summed E-state index contributed by atoms with van der Waals surface area (Å²) in [6, 6.07) is 0.502. The van der Waals surface area contributed by atoms with E-state index in [0.29, 0.717) is 18.5 Å². The van der Waals surface area contributed by atoms with Gasteiger partial charge < -0.3 is 15.4 Å². The molecule has 2 fully saturated rings. The van der Waals surface area contributed by atoms with Gasteiger partial charge in [-0.1, -0.05) is 0 Å². The Balaban J connectivity index is 1.75. The van der Waals surface area contributed by atoms with Crippen molar-refractivity contribution in [2.24, 2.45) is 11.7 Å². The number of hydrogen-bond donors (Lipinski definition) is 1. The lowest BCUT2D eigenvalue weighted by atomic mass is 9.73. The minimum Gasteiger partial charge on any atom is -0.444 e. The normalized spacial score (nSPS) is 28.1. The summed E-state index contributed by atoms with van der Waals surface area (Å²) < 4.78 is 5.12. The van der Waals surface area contributed by atoms with E-state index in [1.54, 1.807) is 4.90 Å². The fourth-order valence-electron chi connectivity index (χ4n) is 3.26. The molecule has 114 valence electrons. The zero-order chi connectivity index (χ0) is 14.9. The monoisotopic (exact) mass is 283 g/mol. The molecule has 0 atom stereocenters. The predicted octanol–water partition coefficient (Wildman–Crippen LogP) is 0.803. The molecule has 6 nitrogen and oxygen atoms in total. The van der Waals surface area contributed by atoms with Gasteiger partial charge in [0.2, 0.25) is 5.91 Å². The first-order valence-electron chi connectivity index (χ1n) is 7.23. The number of primary amides is 1. The number of ether oxygens (including phenoxy) is 1. The summed E-state index contributed by atoms with van der Waals surface area (Å²) >= 11 is 0. The molecule has 0 unspecified atom stereocenters. The molecule has 0 aromatic heterocycles. The number of carbonyl (C=O) groups excluding carboxylic acids is 2. The molecule has 2 amide bonds. The van der Waals surface area contributed by atoms with Gasteiger partial charge in [-0.15, -0.1) is 0 Å². The highest BCUT2D eigenvalue weighted by Gasteiger charge is 2.39. The second kappa shape index (κ2) is 5.60. The molecule has 0 spiro atoms. The quantitative estimate of drug-likeness (QED) is 0.828. The Bertz CT molecular complexity index is 391. The molecular formula is C14H25N3O3. The van der Waals surface area contributed by atoms with E-state index >= 15 is 0 Å². The minimum absolute atomic E-state index is 0.206. The highest BCUT2D eigenvalue weighted by Crippen LogP contribution is 2.38. The number of piperazine rings is 1. The van der Waals surface area contributed by atoms with Crippen molar-refractivity contribution >= 4 is 12.0 Å². The molecule has 1 aliphatic heterocycles. The maximum absolute atomic E-state index is 11.7. The van der Waals surface area contributed by atoms with Crippen LogP contribution in [0.2, 0.25) is 0 Å². The van der Waals surface area contributed by atoms with Crippen molar-refractivity contribution in [1.29, 1.82) is 0 Å². The van der Waals surface area contributed by atoms with Gasteiger partial charge in [-0.3, -0.25) is 9.69 Å². The first kappa shape index (κ1) is 15.1. The van der Waals surface area contributed by atoms with E-state index in [2.05, 4.69) is 4.90 Å². The van der Waals surface area contributed by atoms with E-state index in [0.717, 1.165) is 32.4 Å². The van der Waals surface area contributed by atoms with Crippen LogP contribution in [0.1, 0.15) is 33.1 Å². The molecule has 2 N–H and O–H groups in total. The molecule has 0 aromatic carbocycles. The lowest BCUT2D eigenvalue weighted by Gasteiger charge is -2.47. The van der Waals surface area contributed by atoms with Gasteiger partial charge in [0.25, 0.3) is 0 Å². The predicted molar refractivity (Wildman–Crippen MR) is 75.1 cm³/mol. The topological polar surface area (TPSA) is 75.9 Å². The first-order chi connectivity index (χ1) is 9.27. The Morgan fingerprint density at radius 2 is 2.05 bits per heavy atom. The molecule has 1 saturated carbocycles. The van der Waals surface area contributed by atoms with Gasteiger partial charge in [0.15, 0.2) is 0 Å². The van der Waals surface area contributed by atoms with Crippen LogP contribution < -0.4 is 5.73 Å². The van der Waals surface area contributed by atoms with Crippen molar-refractivity contribution in [3.63, 3.8) is 0 Å². The molecule has 1 aliphatic carbocycles. The van der Waals surface area contributed by atoms with Gasteiger partial charge in [0.05, 0.1) is 6.54 Å². The second-order valence-electron chi connectivity index (χ2n) is 6.66. The number of nitrogens with two attached hydrogens (primary N) is 1. The number of carbonyl (C=O) groups is 2. The van der Waals surface area contributed by atoms with Crippen molar-refractivity contribution in [3.05, 3.63) is 0 Å². The van der Waals surface area contributed by atoms with Gasteiger partial charge in [0.1, 0.15) is 5.60 Å². The van der Waals surface area contributed by atoms with Crippen LogP contribution in [0.25, 0.3) is 0 Å². The lowest BCUT2D eigenvalue weighted by molar-refractivity contribution is -0.137. The van der Waals surface area contributed by atoms with Crippen LogP contribution in [0.15, 0.2) is 0 Å². The Labute approximate surface area is 120 Å². The Morgan fingerprint density at radius 1 is 1.40 bits per heavy atom. The minimum atomic E-state index is -0.712. The molecular weight excluding hydrogens is 258 g/mol. The number of likely N-dealkylation sites (N-methyl/N-ethyl adjacent to an activating group) is 1. The summed E-state index contributed by atoms with van der Waals surface area (Å²) in [7, 11) is 1.85. The molecule has 0 aromatic rings. The fraction of sp³-hybridized carbons (Fsp3) is 0.857. The summed E-state index contributed by atoms with van der Waals surface area (Å²) in [6.07, 6.45) is 2.26. The third-order valence-corrected chi connectivity index (χ3v) is 4.37. The largest absolute Gasteiger partial charge is 0.444 e. The average molecular weight is 283 g/mol. The molecule has 2 aliphatic rings. The lowest BCUT2D eigenvalue weighted by Crippen LogP contribution is -2.56. The smallest absolute Gasteiger partial charge is 0.405 e. The zero-order valence-corrected chi connectivity index (χ0v) is 12.6. The number of rotatable bonds is 4. The van der Waals surface area contributed by atoms with Crippen molar-refractivity contribution in [3.8, 4) is 0 Å². The summed E-state index contributed by atoms with van der Waals surface area (Å²) in [5, 5.41) is 0. The molecule has 20 heavy (non-hydrogen) atoms. The summed E-state index contributed by atoms with van der Waals surface area (Å²) in [5.41, 5.74) is 4.57. The molecule has 2 rings (SSSR count). The van der Waals surface area contributed by atoms with Crippen LogP contribution >= 0.6 is 0 Å². The zero-order valence-electron chi connectivity index (χ0n) is 12.6. The van der Waals surface area contributed by atoms with Crippen molar-refractivity contribution in [2.75, 3.05) is 26.7 Å². The average Bonchev–Trinajstić information content (AvgIpc) is 2.25. The van der Waals surface area contributed by atoms with Crippen LogP contribution in [0, 0.1) is 5.92 Å². The van der Waals surface area contributed by atoms with Crippen molar-refractivity contribution in [1.82, 2.24) is 9.80 Å². The highest BCUT2D eigenvalue weighted by molar-refractivity contribution is 5.78. The second-order valence-corrected chi connectivity index (χ2v) is 6.66. The molecule has 0 radical (unpaired) electrons. The Hall–Kier alpha value is -1.30. The van der Waals surface area contributed by atoms with E-state index in [4.69, 9.17) is 10.5 Å². The van der Waals surface area contributed by atoms with Gasteiger partial charge in [-0.05, 0) is 39.0 Å². The van der Waals surface area contributed by atoms with Gasteiger partial charge in [-0.25, -0.2) is 4.79 Å². The van der Waals surface area contributed by atoms with Crippen molar-refractivity contribution in [2.45, 2.75) is 44.8 Å². The maximum atomic E-state index is 11.7. The van der Waals surface area contributed by atoms with E-state index in [1.165, 1.54) is 0 Å². The summed E-state index contributed by atoms with van der Waals surface area (Å²) in [6.45, 7) is 6.10. The van der Waals surface area contributed by atoms with E-state index in [9.17, 15) is 9.59 Å². The third kappa shape index (κ3) is 3.62. The molecule has 1 saturated heterocycles. The van der Waals surface area contributed by atoms with Crippen LogP contribution in [0.3, 0.4) is 0 Å². The first-order valence-corrected chi connectivity index (χ1v) is 7.23. The SMILES string of the molecule is CN1CCN(C2CC(CC(C)(C)OC(N)=O)C2)CC1=O. The van der Waals surface area contributed by atoms with Gasteiger partial charge in [-0.2, -0.15) is 0 Å². The number of hydrogen-bond acceptors (Lipinski definition) is 4. The number of nitrogens with zero attached hydrogens (tertiary/aromatic N) is 2. The summed E-state index contributed by atoms with van der Waals surface area (Å²) in [4.78, 5) is 26.6. The molecule has 0 bridgehead atoms. The Morgan fingerprint density at radius 3 is 2.60 bits per heavy atom. The van der Waals surface area contributed by atoms with Gasteiger partial charge in [0, 0.05) is 26.2 Å². The van der Waals surface area contributed by atoms with Crippen molar-refractivity contribution < 1.29 is 14.3 Å². The Kier molecular flexibility index (Phi) is 4.22. The molecule has 6 heteroatoms. The van der Waals surface area contributed by atoms with Crippen LogP contribution in [0.4, 0.5) is 4.79 Å². The molecule has 1 heterocycles. The maximum Gasteiger partial charge on any atom is 0.405 e. The summed E-state index contributed by atoms with van der Waals surface area (Å²) in [5.74, 6) is 0.751. The van der Waals surface area contributed by atoms with Gasteiger partial charge >= 0.3 is 6.09 Å². The van der Waals surface area contributed by atoms with Crippen LogP contribution in [0.5, 0.6) is 0 Å².